The van der Waals surface area contributed by atoms with Crippen molar-refractivity contribution in [3.05, 3.63) is 29.6 Å². The van der Waals surface area contributed by atoms with Crippen LogP contribution in [-0.2, 0) is 16.1 Å². The Morgan fingerprint density at radius 2 is 1.97 bits per heavy atom. The molecule has 9 heteroatoms. The second-order valence-corrected chi connectivity index (χ2v) is 7.39. The molecule has 0 aliphatic carbocycles. The molecule has 0 radical (unpaired) electrons. The third-order valence-electron chi connectivity index (χ3n) is 5.25. The Balaban J connectivity index is 0.00000300. The van der Waals surface area contributed by atoms with Crippen LogP contribution in [0.5, 0.6) is 0 Å². The van der Waals surface area contributed by atoms with Gasteiger partial charge in [-0.1, -0.05) is 6.07 Å². The molecule has 2 heterocycles. The number of halogens is 2. The van der Waals surface area contributed by atoms with Gasteiger partial charge in [0.15, 0.2) is 5.96 Å². The smallest absolute Gasteiger partial charge is 0.251 e. The van der Waals surface area contributed by atoms with Crippen molar-refractivity contribution in [1.29, 1.82) is 0 Å². The Morgan fingerprint density at radius 1 is 1.28 bits per heavy atom. The van der Waals surface area contributed by atoms with E-state index in [0.29, 0.717) is 45.0 Å². The van der Waals surface area contributed by atoms with Gasteiger partial charge in [-0.05, 0) is 30.5 Å². The van der Waals surface area contributed by atoms with Crippen LogP contribution in [0.15, 0.2) is 23.2 Å². The molecule has 1 atom stereocenters. The maximum atomic E-state index is 14.2. The molecule has 0 aromatic heterocycles. The van der Waals surface area contributed by atoms with Gasteiger partial charge in [-0.15, -0.1) is 24.0 Å². The number of amides is 1. The predicted molar refractivity (Wildman–Crippen MR) is 123 cm³/mol. The van der Waals surface area contributed by atoms with Crippen molar-refractivity contribution in [2.45, 2.75) is 25.5 Å². The van der Waals surface area contributed by atoms with Gasteiger partial charge in [0.2, 0.25) is 0 Å². The normalized spacial score (nSPS) is 19.7. The summed E-state index contributed by atoms with van der Waals surface area (Å²) in [6.45, 7) is 3.92. The van der Waals surface area contributed by atoms with Crippen LogP contribution in [0, 0.1) is 5.82 Å². The van der Waals surface area contributed by atoms with Gasteiger partial charge in [0, 0.05) is 60.5 Å². The number of rotatable bonds is 4. The zero-order valence-corrected chi connectivity index (χ0v) is 19.7. The summed E-state index contributed by atoms with van der Waals surface area (Å²) in [5, 5.41) is 3.30. The third-order valence-corrected chi connectivity index (χ3v) is 5.25. The Kier molecular flexibility index (Phi) is 8.94. The molecule has 0 spiro atoms. The van der Waals surface area contributed by atoms with Crippen LogP contribution in [0.1, 0.15) is 18.4 Å². The molecule has 1 aromatic rings. The van der Waals surface area contributed by atoms with Crippen LogP contribution in [0.2, 0.25) is 0 Å². The first-order valence-electron chi connectivity index (χ1n) is 9.81. The second-order valence-electron chi connectivity index (χ2n) is 7.39. The number of hydrogen-bond donors (Lipinski definition) is 1. The highest BCUT2D eigenvalue weighted by atomic mass is 127. The number of benzene rings is 1. The lowest BCUT2D eigenvalue weighted by molar-refractivity contribution is -0.142. The zero-order valence-electron chi connectivity index (χ0n) is 17.4. The highest BCUT2D eigenvalue weighted by Crippen LogP contribution is 2.18. The fourth-order valence-electron chi connectivity index (χ4n) is 3.65. The van der Waals surface area contributed by atoms with E-state index in [4.69, 9.17) is 4.74 Å². The molecule has 2 saturated heterocycles. The molecule has 162 valence electrons. The lowest BCUT2D eigenvalue weighted by atomic mass is 10.2. The standard InChI is InChI=1S/C20H30FN5O2.HI/c1-22-20(23-14-15-6-7-17(24(2)3)16(21)13-15)26-10-8-25(9-11-26)19(27)18-5-4-12-28-18;/h6-7,13,18H,4-5,8-12,14H2,1-3H3,(H,22,23);1H. The van der Waals surface area contributed by atoms with E-state index < -0.39 is 0 Å². The molecule has 1 amide bonds. The summed E-state index contributed by atoms with van der Waals surface area (Å²) in [7, 11) is 5.38. The van der Waals surface area contributed by atoms with Gasteiger partial charge in [-0.3, -0.25) is 9.79 Å². The van der Waals surface area contributed by atoms with E-state index in [1.54, 1.807) is 24.1 Å². The average Bonchev–Trinajstić information content (AvgIpc) is 3.23. The van der Waals surface area contributed by atoms with E-state index in [2.05, 4.69) is 15.2 Å². The van der Waals surface area contributed by atoms with Crippen molar-refractivity contribution >= 4 is 41.5 Å². The van der Waals surface area contributed by atoms with Crippen molar-refractivity contribution in [1.82, 2.24) is 15.1 Å². The average molecular weight is 519 g/mol. The molecule has 1 unspecified atom stereocenters. The monoisotopic (exact) mass is 519 g/mol. The summed E-state index contributed by atoms with van der Waals surface area (Å²) < 4.78 is 19.7. The quantitative estimate of drug-likeness (QED) is 0.374. The molecule has 29 heavy (non-hydrogen) atoms. The van der Waals surface area contributed by atoms with Gasteiger partial charge < -0.3 is 24.8 Å². The van der Waals surface area contributed by atoms with Gasteiger partial charge in [-0.25, -0.2) is 4.39 Å². The molecule has 2 aliphatic heterocycles. The number of aliphatic imine (C=N–C) groups is 1. The molecular weight excluding hydrogens is 488 g/mol. The maximum Gasteiger partial charge on any atom is 0.251 e. The number of anilines is 1. The Labute approximate surface area is 189 Å². The fourth-order valence-corrected chi connectivity index (χ4v) is 3.65. The number of nitrogens with zero attached hydrogens (tertiary/aromatic N) is 4. The zero-order chi connectivity index (χ0) is 20.1. The Hall–Kier alpha value is -1.62. The predicted octanol–water partition coefficient (Wildman–Crippen LogP) is 1.91. The van der Waals surface area contributed by atoms with Crippen molar-refractivity contribution < 1.29 is 13.9 Å². The van der Waals surface area contributed by atoms with E-state index >= 15 is 0 Å². The molecule has 3 rings (SSSR count). The molecule has 0 bridgehead atoms. The van der Waals surface area contributed by atoms with E-state index in [-0.39, 0.29) is 41.8 Å². The van der Waals surface area contributed by atoms with Gasteiger partial charge in [0.1, 0.15) is 11.9 Å². The minimum atomic E-state index is -0.260. The van der Waals surface area contributed by atoms with Gasteiger partial charge in [-0.2, -0.15) is 0 Å². The van der Waals surface area contributed by atoms with E-state index in [0.717, 1.165) is 24.4 Å². The van der Waals surface area contributed by atoms with Gasteiger partial charge >= 0.3 is 0 Å². The van der Waals surface area contributed by atoms with Gasteiger partial charge in [0.25, 0.3) is 5.91 Å². The number of carbonyl (C=O) groups is 1. The van der Waals surface area contributed by atoms with Crippen LogP contribution in [-0.4, -0.2) is 81.7 Å². The third kappa shape index (κ3) is 5.94. The second kappa shape index (κ2) is 11.0. The summed E-state index contributed by atoms with van der Waals surface area (Å²) in [4.78, 5) is 22.6. The van der Waals surface area contributed by atoms with Gasteiger partial charge in [0.05, 0.1) is 5.69 Å². The van der Waals surface area contributed by atoms with E-state index in [1.165, 1.54) is 0 Å². The Bertz CT molecular complexity index is 717. The first-order chi connectivity index (χ1) is 13.5. The molecule has 1 N–H and O–H groups in total. The minimum absolute atomic E-state index is 0. The fraction of sp³-hybridized carbons (Fsp3) is 0.600. The molecule has 2 fully saturated rings. The summed E-state index contributed by atoms with van der Waals surface area (Å²) in [6, 6.07) is 5.25. The lowest BCUT2D eigenvalue weighted by Gasteiger charge is -2.37. The lowest BCUT2D eigenvalue weighted by Crippen LogP contribution is -2.55. The number of guanidine groups is 1. The minimum Gasteiger partial charge on any atom is -0.375 e. The van der Waals surface area contributed by atoms with Crippen molar-refractivity contribution in [3.8, 4) is 0 Å². The number of nitrogens with one attached hydrogen (secondary N) is 1. The highest BCUT2D eigenvalue weighted by molar-refractivity contribution is 14.0. The largest absolute Gasteiger partial charge is 0.375 e. The summed E-state index contributed by atoms with van der Waals surface area (Å²) in [5.41, 5.74) is 1.43. The molecular formula is C20H31FIN5O2. The highest BCUT2D eigenvalue weighted by Gasteiger charge is 2.30. The first kappa shape index (κ1) is 23.7. The van der Waals surface area contributed by atoms with E-state index in [1.807, 2.05) is 25.1 Å². The number of ether oxygens (including phenoxy) is 1. The first-order valence-corrected chi connectivity index (χ1v) is 9.81. The number of carbonyl (C=O) groups excluding carboxylic acids is 1. The van der Waals surface area contributed by atoms with Crippen LogP contribution in [0.3, 0.4) is 0 Å². The topological polar surface area (TPSA) is 60.4 Å². The summed E-state index contributed by atoms with van der Waals surface area (Å²) >= 11 is 0. The van der Waals surface area contributed by atoms with Crippen molar-refractivity contribution in [2.75, 3.05) is 58.8 Å². The summed E-state index contributed by atoms with van der Waals surface area (Å²) in [5.74, 6) is 0.637. The molecule has 7 nitrogen and oxygen atoms in total. The molecule has 0 saturated carbocycles. The van der Waals surface area contributed by atoms with Crippen molar-refractivity contribution in [2.24, 2.45) is 4.99 Å². The Morgan fingerprint density at radius 3 is 2.52 bits per heavy atom. The summed E-state index contributed by atoms with van der Waals surface area (Å²) in [6.07, 6.45) is 1.53. The number of piperazine rings is 1. The SMILES string of the molecule is CN=C(NCc1ccc(N(C)C)c(F)c1)N1CCN(C(=O)C2CCCO2)CC1.I. The van der Waals surface area contributed by atoms with Crippen LogP contribution >= 0.6 is 24.0 Å². The molecule has 2 aliphatic rings. The van der Waals surface area contributed by atoms with Crippen LogP contribution in [0.4, 0.5) is 10.1 Å². The van der Waals surface area contributed by atoms with Crippen LogP contribution in [0.25, 0.3) is 0 Å². The maximum absolute atomic E-state index is 14.2. The molecule has 1 aromatic carbocycles. The van der Waals surface area contributed by atoms with E-state index in [9.17, 15) is 9.18 Å². The number of hydrogen-bond acceptors (Lipinski definition) is 4. The van der Waals surface area contributed by atoms with Crippen molar-refractivity contribution in [3.63, 3.8) is 0 Å². The van der Waals surface area contributed by atoms with Crippen LogP contribution < -0.4 is 10.2 Å².